The van der Waals surface area contributed by atoms with E-state index in [9.17, 15) is 4.79 Å². The Morgan fingerprint density at radius 2 is 1.83 bits per heavy atom. The average molecular weight is 468 g/mol. The Balaban J connectivity index is 1.31. The van der Waals surface area contributed by atoms with E-state index in [2.05, 4.69) is 102 Å². The van der Waals surface area contributed by atoms with Gasteiger partial charge < -0.3 is 10.6 Å². The van der Waals surface area contributed by atoms with Crippen LogP contribution < -0.4 is 10.6 Å². The summed E-state index contributed by atoms with van der Waals surface area (Å²) in [5, 5.41) is 9.65. The van der Waals surface area contributed by atoms with Gasteiger partial charge in [0, 0.05) is 38.1 Å². The molecule has 182 valence electrons. The summed E-state index contributed by atoms with van der Waals surface area (Å²) >= 11 is 0. The van der Waals surface area contributed by atoms with E-state index in [-0.39, 0.29) is 11.8 Å². The third-order valence-electron chi connectivity index (χ3n) is 8.84. The molecule has 3 aromatic rings. The normalized spacial score (nSPS) is 29.7. The maximum atomic E-state index is 14.1. The number of nitrogens with one attached hydrogen (secondary N) is 2. The molecule has 1 amide bonds. The number of hydrogen-bond acceptors (Lipinski definition) is 3. The first-order chi connectivity index (χ1) is 17.0. The van der Waals surface area contributed by atoms with Crippen LogP contribution in [0.15, 0.2) is 72.8 Å². The molecule has 35 heavy (non-hydrogen) atoms. The highest BCUT2D eigenvalue weighted by molar-refractivity contribution is 5.89. The molecule has 3 heterocycles. The number of rotatable bonds is 7. The van der Waals surface area contributed by atoms with E-state index in [4.69, 9.17) is 0 Å². The van der Waals surface area contributed by atoms with E-state index in [0.717, 1.165) is 32.5 Å². The first-order valence-corrected chi connectivity index (χ1v) is 13.3. The summed E-state index contributed by atoms with van der Waals surface area (Å²) in [5.74, 6) is 2.35. The number of nitrogens with zero attached hydrogens (tertiary/aromatic N) is 1. The van der Waals surface area contributed by atoms with Crippen LogP contribution in [0, 0.1) is 23.7 Å². The maximum Gasteiger partial charge on any atom is 0.240 e. The van der Waals surface area contributed by atoms with E-state index in [0.29, 0.717) is 30.3 Å². The second-order valence-corrected chi connectivity index (χ2v) is 11.4. The van der Waals surface area contributed by atoms with Gasteiger partial charge in [0.25, 0.3) is 0 Å². The monoisotopic (exact) mass is 467 g/mol. The van der Waals surface area contributed by atoms with Gasteiger partial charge in [0.1, 0.15) is 5.54 Å². The zero-order valence-electron chi connectivity index (χ0n) is 20.9. The highest BCUT2D eigenvalue weighted by Gasteiger charge is 2.64. The Kier molecular flexibility index (Phi) is 5.90. The lowest BCUT2D eigenvalue weighted by Gasteiger charge is -2.56. The molecule has 4 aliphatic rings. The molecular formula is C31H37N3O. The lowest BCUT2D eigenvalue weighted by Crippen LogP contribution is -2.74. The van der Waals surface area contributed by atoms with Gasteiger partial charge in [0.15, 0.2) is 0 Å². The number of likely N-dealkylation sites (tertiary alicyclic amines) is 1. The summed E-state index contributed by atoms with van der Waals surface area (Å²) in [6, 6.07) is 26.1. The fourth-order valence-corrected chi connectivity index (χ4v) is 7.47. The number of amides is 1. The summed E-state index contributed by atoms with van der Waals surface area (Å²) in [4.78, 5) is 16.9. The Hall–Kier alpha value is -2.69. The van der Waals surface area contributed by atoms with Crippen molar-refractivity contribution < 1.29 is 4.79 Å². The smallest absolute Gasteiger partial charge is 0.240 e. The fourth-order valence-electron chi connectivity index (χ4n) is 7.47. The molecular weight excluding hydrogens is 430 g/mol. The molecule has 4 fully saturated rings. The largest absolute Gasteiger partial charge is 0.350 e. The zero-order valence-corrected chi connectivity index (χ0v) is 20.9. The Morgan fingerprint density at radius 1 is 1.06 bits per heavy atom. The lowest BCUT2D eigenvalue weighted by atomic mass is 9.58. The minimum atomic E-state index is -0.504. The van der Waals surface area contributed by atoms with Gasteiger partial charge in [0.2, 0.25) is 5.91 Å². The topological polar surface area (TPSA) is 44.4 Å². The number of carbonyl (C=O) groups excluding carboxylic acids is 1. The molecule has 0 aromatic heterocycles. The second-order valence-electron chi connectivity index (χ2n) is 11.4. The van der Waals surface area contributed by atoms with Crippen LogP contribution in [-0.2, 0) is 17.8 Å². The van der Waals surface area contributed by atoms with Crippen LogP contribution >= 0.6 is 0 Å². The molecule has 1 aliphatic carbocycles. The summed E-state index contributed by atoms with van der Waals surface area (Å²) in [5.41, 5.74) is 2.01. The molecule has 4 bridgehead atoms. The summed E-state index contributed by atoms with van der Waals surface area (Å²) in [7, 11) is 0. The van der Waals surface area contributed by atoms with Gasteiger partial charge in [0.05, 0.1) is 0 Å². The van der Waals surface area contributed by atoms with E-state index < -0.39 is 5.54 Å². The number of hydrogen-bond donors (Lipinski definition) is 2. The van der Waals surface area contributed by atoms with Crippen molar-refractivity contribution in [2.45, 2.75) is 44.8 Å². The standard InChI is InChI=1S/C31H37N3O/c1-21(2)19-34-20-25-16-31(28(29(34)27(25)18-33-31)15-22-9-4-3-5-10-22)30(35)32-17-24-13-8-12-23-11-6-7-14-26(23)24/h3-14,21,25,27-29,33H,15-20H2,1-2H3,(H,32,35). The van der Waals surface area contributed by atoms with Gasteiger partial charge in [-0.15, -0.1) is 0 Å². The average Bonchev–Trinajstić information content (AvgIpc) is 3.17. The molecule has 4 heteroatoms. The van der Waals surface area contributed by atoms with Crippen molar-refractivity contribution in [3.8, 4) is 0 Å². The Bertz CT molecular complexity index is 1200. The fraction of sp³-hybridized carbons (Fsp3) is 0.452. The van der Waals surface area contributed by atoms with Crippen LogP contribution in [0.2, 0.25) is 0 Å². The van der Waals surface area contributed by atoms with E-state index in [1.165, 1.54) is 21.9 Å². The van der Waals surface area contributed by atoms with Crippen molar-refractivity contribution in [3.05, 3.63) is 83.9 Å². The SMILES string of the molecule is CC(C)CN1CC2CC3(C(=O)NCc4cccc5ccccc45)NCC2C1C3Cc1ccccc1. The van der Waals surface area contributed by atoms with Crippen LogP contribution in [0.4, 0.5) is 0 Å². The minimum Gasteiger partial charge on any atom is -0.350 e. The van der Waals surface area contributed by atoms with Crippen molar-refractivity contribution in [3.63, 3.8) is 0 Å². The van der Waals surface area contributed by atoms with E-state index in [1.807, 2.05) is 0 Å². The molecule has 4 nitrogen and oxygen atoms in total. The first kappa shape index (κ1) is 22.8. The van der Waals surface area contributed by atoms with Gasteiger partial charge in [-0.2, -0.15) is 0 Å². The van der Waals surface area contributed by atoms with Gasteiger partial charge >= 0.3 is 0 Å². The van der Waals surface area contributed by atoms with E-state index >= 15 is 0 Å². The van der Waals surface area contributed by atoms with E-state index in [1.54, 1.807) is 0 Å². The summed E-state index contributed by atoms with van der Waals surface area (Å²) in [6.07, 6.45) is 1.89. The lowest BCUT2D eigenvalue weighted by molar-refractivity contribution is -0.138. The molecule has 3 saturated heterocycles. The van der Waals surface area contributed by atoms with Crippen LogP contribution in [0.25, 0.3) is 10.8 Å². The molecule has 5 unspecified atom stereocenters. The molecule has 3 aromatic carbocycles. The quantitative estimate of drug-likeness (QED) is 0.532. The van der Waals surface area contributed by atoms with Crippen molar-refractivity contribution >= 4 is 16.7 Å². The molecule has 7 rings (SSSR count). The molecule has 0 spiro atoms. The number of fused-ring (bicyclic) bond motifs is 2. The van der Waals surface area contributed by atoms with Crippen molar-refractivity contribution in [1.29, 1.82) is 0 Å². The third-order valence-corrected chi connectivity index (χ3v) is 8.84. The predicted molar refractivity (Wildman–Crippen MR) is 142 cm³/mol. The van der Waals surface area contributed by atoms with Gasteiger partial charge in [-0.05, 0) is 52.5 Å². The Labute approximate surface area is 209 Å². The highest BCUT2D eigenvalue weighted by Crippen LogP contribution is 2.53. The zero-order chi connectivity index (χ0) is 24.0. The number of benzene rings is 3. The first-order valence-electron chi connectivity index (χ1n) is 13.3. The van der Waals surface area contributed by atoms with Crippen LogP contribution in [0.1, 0.15) is 31.4 Å². The molecule has 0 radical (unpaired) electrons. The van der Waals surface area contributed by atoms with Gasteiger partial charge in [-0.1, -0.05) is 86.6 Å². The maximum absolute atomic E-state index is 14.1. The van der Waals surface area contributed by atoms with Crippen molar-refractivity contribution in [2.75, 3.05) is 19.6 Å². The predicted octanol–water partition coefficient (Wildman–Crippen LogP) is 4.63. The van der Waals surface area contributed by atoms with Crippen LogP contribution in [0.5, 0.6) is 0 Å². The highest BCUT2D eigenvalue weighted by atomic mass is 16.2. The molecule has 1 saturated carbocycles. The number of carbonyl (C=O) groups is 1. The van der Waals surface area contributed by atoms with Crippen LogP contribution in [0.3, 0.4) is 0 Å². The van der Waals surface area contributed by atoms with Crippen LogP contribution in [-0.4, -0.2) is 42.0 Å². The number of piperidine rings is 2. The second kappa shape index (κ2) is 9.07. The van der Waals surface area contributed by atoms with Gasteiger partial charge in [-0.3, -0.25) is 9.69 Å². The van der Waals surface area contributed by atoms with Crippen molar-refractivity contribution in [2.24, 2.45) is 23.7 Å². The summed E-state index contributed by atoms with van der Waals surface area (Å²) in [6.45, 7) is 8.41. The molecule has 2 N–H and O–H groups in total. The Morgan fingerprint density at radius 3 is 2.66 bits per heavy atom. The minimum absolute atomic E-state index is 0.186. The van der Waals surface area contributed by atoms with Crippen molar-refractivity contribution in [1.82, 2.24) is 15.5 Å². The summed E-state index contributed by atoms with van der Waals surface area (Å²) < 4.78 is 0. The van der Waals surface area contributed by atoms with Gasteiger partial charge in [-0.25, -0.2) is 0 Å². The molecule has 5 atom stereocenters. The molecule has 3 aliphatic heterocycles. The third kappa shape index (κ3) is 3.97.